The van der Waals surface area contributed by atoms with Crippen LogP contribution in [0.5, 0.6) is 0 Å². The lowest BCUT2D eigenvalue weighted by Gasteiger charge is -2.28. The predicted molar refractivity (Wildman–Crippen MR) is 96.7 cm³/mol. The maximum atomic E-state index is 12.8. The van der Waals surface area contributed by atoms with Crippen LogP contribution in [0.25, 0.3) is 10.9 Å². The molecule has 0 saturated heterocycles. The van der Waals surface area contributed by atoms with Crippen LogP contribution in [0.4, 0.5) is 0 Å². The zero-order valence-corrected chi connectivity index (χ0v) is 14.1. The van der Waals surface area contributed by atoms with Crippen molar-refractivity contribution in [2.24, 2.45) is 4.99 Å². The first-order chi connectivity index (χ1) is 11.8. The van der Waals surface area contributed by atoms with Gasteiger partial charge in [0.05, 0.1) is 13.0 Å². The summed E-state index contributed by atoms with van der Waals surface area (Å²) in [5.74, 6) is 0.214. The summed E-state index contributed by atoms with van der Waals surface area (Å²) in [6, 6.07) is 8.36. The Morgan fingerprint density at radius 1 is 1.29 bits per heavy atom. The number of aromatic amines is 1. The maximum Gasteiger partial charge on any atom is 0.228 e. The summed E-state index contributed by atoms with van der Waals surface area (Å²) in [6.45, 7) is 3.25. The van der Waals surface area contributed by atoms with Gasteiger partial charge in [-0.2, -0.15) is 0 Å². The van der Waals surface area contributed by atoms with Crippen molar-refractivity contribution in [3.63, 3.8) is 0 Å². The van der Waals surface area contributed by atoms with E-state index in [1.165, 1.54) is 22.2 Å². The molecule has 5 rings (SSSR count). The van der Waals surface area contributed by atoms with Crippen LogP contribution < -0.4 is 0 Å². The molecule has 0 unspecified atom stereocenters. The SMILES string of the molecule is O=C(CC1=CSC2=NCCN12)N1CCc2[nH]c3ccccc3c2C1. The molecule has 24 heavy (non-hydrogen) atoms. The van der Waals surface area contributed by atoms with Gasteiger partial charge in [-0.3, -0.25) is 9.79 Å². The van der Waals surface area contributed by atoms with Gasteiger partial charge in [0.1, 0.15) is 0 Å². The van der Waals surface area contributed by atoms with Crippen LogP contribution in [0.15, 0.2) is 40.4 Å². The normalized spacial score (nSPS) is 19.3. The highest BCUT2D eigenvalue weighted by molar-refractivity contribution is 8.16. The zero-order chi connectivity index (χ0) is 16.1. The second-order valence-electron chi connectivity index (χ2n) is 6.41. The van der Waals surface area contributed by atoms with Crippen LogP contribution >= 0.6 is 11.8 Å². The second kappa shape index (κ2) is 5.41. The Kier molecular flexibility index (Phi) is 3.19. The number of nitrogens with one attached hydrogen (secondary N) is 1. The first kappa shape index (κ1) is 14.2. The summed E-state index contributed by atoms with van der Waals surface area (Å²) in [5.41, 5.74) is 4.84. The summed E-state index contributed by atoms with van der Waals surface area (Å²) in [7, 11) is 0. The minimum absolute atomic E-state index is 0.214. The third kappa shape index (κ3) is 2.17. The van der Waals surface area contributed by atoms with Crippen molar-refractivity contribution in [2.45, 2.75) is 19.4 Å². The van der Waals surface area contributed by atoms with Crippen molar-refractivity contribution in [3.05, 3.63) is 46.6 Å². The van der Waals surface area contributed by atoms with Gasteiger partial charge in [0.25, 0.3) is 0 Å². The molecule has 0 bridgehead atoms. The number of hydrogen-bond acceptors (Lipinski definition) is 4. The highest BCUT2D eigenvalue weighted by atomic mass is 32.2. The fourth-order valence-electron chi connectivity index (χ4n) is 3.76. The second-order valence-corrected chi connectivity index (χ2v) is 7.25. The zero-order valence-electron chi connectivity index (χ0n) is 13.3. The van der Waals surface area contributed by atoms with E-state index in [2.05, 4.69) is 38.5 Å². The molecule has 0 spiro atoms. The topological polar surface area (TPSA) is 51.7 Å². The lowest BCUT2D eigenvalue weighted by molar-refractivity contribution is -0.131. The molecule has 0 atom stereocenters. The summed E-state index contributed by atoms with van der Waals surface area (Å²) in [6.07, 6.45) is 1.38. The third-order valence-corrected chi connectivity index (χ3v) is 5.97. The first-order valence-electron chi connectivity index (χ1n) is 8.33. The van der Waals surface area contributed by atoms with Gasteiger partial charge >= 0.3 is 0 Å². The van der Waals surface area contributed by atoms with E-state index >= 15 is 0 Å². The van der Waals surface area contributed by atoms with Crippen molar-refractivity contribution in [1.82, 2.24) is 14.8 Å². The number of hydrogen-bond donors (Lipinski definition) is 1. The van der Waals surface area contributed by atoms with Crippen molar-refractivity contribution >= 4 is 33.7 Å². The van der Waals surface area contributed by atoms with Crippen LogP contribution in [0.3, 0.4) is 0 Å². The molecule has 6 heteroatoms. The molecular formula is C18H18N4OS. The summed E-state index contributed by atoms with van der Waals surface area (Å²) >= 11 is 1.64. The Balaban J connectivity index is 1.35. The Hall–Kier alpha value is -2.21. The molecule has 5 nitrogen and oxygen atoms in total. The van der Waals surface area contributed by atoms with Gasteiger partial charge in [-0.05, 0) is 11.5 Å². The lowest BCUT2D eigenvalue weighted by atomic mass is 10.0. The number of benzene rings is 1. The molecule has 0 radical (unpaired) electrons. The predicted octanol–water partition coefficient (Wildman–Crippen LogP) is 2.70. The van der Waals surface area contributed by atoms with E-state index in [0.717, 1.165) is 36.9 Å². The van der Waals surface area contributed by atoms with E-state index in [1.807, 2.05) is 11.0 Å². The van der Waals surface area contributed by atoms with E-state index in [1.54, 1.807) is 11.8 Å². The Bertz CT molecular complexity index is 898. The molecule has 1 N–H and O–H groups in total. The van der Waals surface area contributed by atoms with E-state index in [4.69, 9.17) is 0 Å². The molecule has 0 fully saturated rings. The summed E-state index contributed by atoms with van der Waals surface area (Å²) < 4.78 is 0. The molecule has 0 aliphatic carbocycles. The van der Waals surface area contributed by atoms with Crippen molar-refractivity contribution in [1.29, 1.82) is 0 Å². The van der Waals surface area contributed by atoms with Gasteiger partial charge in [0.2, 0.25) is 5.91 Å². The Morgan fingerprint density at radius 2 is 2.21 bits per heavy atom. The number of amides is 1. The molecule has 2 aromatic rings. The molecule has 0 saturated carbocycles. The highest BCUT2D eigenvalue weighted by Crippen LogP contribution is 2.32. The van der Waals surface area contributed by atoms with E-state index in [9.17, 15) is 4.79 Å². The van der Waals surface area contributed by atoms with Crippen molar-refractivity contribution < 1.29 is 4.79 Å². The number of fused-ring (bicyclic) bond motifs is 4. The van der Waals surface area contributed by atoms with E-state index in [-0.39, 0.29) is 5.91 Å². The Morgan fingerprint density at radius 3 is 3.17 bits per heavy atom. The van der Waals surface area contributed by atoms with Crippen LogP contribution in [-0.2, 0) is 17.8 Å². The molecule has 4 heterocycles. The fourth-order valence-corrected chi connectivity index (χ4v) is 4.72. The van der Waals surface area contributed by atoms with Crippen LogP contribution in [-0.4, -0.2) is 45.5 Å². The average molecular weight is 338 g/mol. The largest absolute Gasteiger partial charge is 0.358 e. The van der Waals surface area contributed by atoms with Gasteiger partial charge in [0, 0.05) is 53.9 Å². The fraction of sp³-hybridized carbons (Fsp3) is 0.333. The van der Waals surface area contributed by atoms with Crippen LogP contribution in [0.1, 0.15) is 17.7 Å². The molecule has 1 aromatic heterocycles. The van der Waals surface area contributed by atoms with Gasteiger partial charge in [-0.15, -0.1) is 0 Å². The van der Waals surface area contributed by atoms with Crippen molar-refractivity contribution in [3.8, 4) is 0 Å². The molecule has 1 aromatic carbocycles. The molecule has 3 aliphatic heterocycles. The van der Waals surface area contributed by atoms with Gasteiger partial charge < -0.3 is 14.8 Å². The molecule has 1 amide bonds. The number of aliphatic imine (C=N–C) groups is 1. The number of nitrogens with zero attached hydrogens (tertiary/aromatic N) is 3. The highest BCUT2D eigenvalue weighted by Gasteiger charge is 2.30. The molecule has 3 aliphatic rings. The lowest BCUT2D eigenvalue weighted by Crippen LogP contribution is -2.37. The maximum absolute atomic E-state index is 12.8. The Labute approximate surface area is 144 Å². The van der Waals surface area contributed by atoms with Crippen LogP contribution in [0.2, 0.25) is 0 Å². The van der Waals surface area contributed by atoms with Crippen molar-refractivity contribution in [2.75, 3.05) is 19.6 Å². The first-order valence-corrected chi connectivity index (χ1v) is 9.21. The van der Waals surface area contributed by atoms with E-state index in [0.29, 0.717) is 13.0 Å². The molecular weight excluding hydrogens is 320 g/mol. The number of carbonyl (C=O) groups is 1. The quantitative estimate of drug-likeness (QED) is 0.916. The number of thioether (sulfide) groups is 1. The van der Waals surface area contributed by atoms with Gasteiger partial charge in [0.15, 0.2) is 5.17 Å². The van der Waals surface area contributed by atoms with Gasteiger partial charge in [-0.1, -0.05) is 30.0 Å². The third-order valence-electron chi connectivity index (χ3n) is 5.02. The minimum atomic E-state index is 0.214. The van der Waals surface area contributed by atoms with E-state index < -0.39 is 0 Å². The minimum Gasteiger partial charge on any atom is -0.358 e. The summed E-state index contributed by atoms with van der Waals surface area (Å²) in [5, 5.41) is 4.38. The average Bonchev–Trinajstić information content (AvgIpc) is 3.29. The standard InChI is InChI=1S/C18H18N4OS/c23-17(9-12-11-24-18-19-6-8-22(12)18)21-7-5-16-14(10-21)13-3-1-2-4-15(13)20-16/h1-4,11,20H,5-10H2. The number of para-hydroxylation sites is 1. The van der Waals surface area contributed by atoms with Crippen LogP contribution in [0, 0.1) is 0 Å². The number of H-pyrrole nitrogens is 1. The monoisotopic (exact) mass is 338 g/mol. The number of aromatic nitrogens is 1. The number of rotatable bonds is 2. The number of carbonyl (C=O) groups excluding carboxylic acids is 1. The summed E-state index contributed by atoms with van der Waals surface area (Å²) in [4.78, 5) is 24.9. The smallest absolute Gasteiger partial charge is 0.228 e. The van der Waals surface area contributed by atoms with Gasteiger partial charge in [-0.25, -0.2) is 0 Å². The molecule has 122 valence electrons. The number of amidine groups is 1.